The van der Waals surface area contributed by atoms with Crippen LogP contribution in [0.15, 0.2) is 91.0 Å². The molecule has 3 aromatic rings. The smallest absolute Gasteiger partial charge is 0.143 e. The van der Waals surface area contributed by atoms with Gasteiger partial charge in [-0.2, -0.15) is 0 Å². The molecule has 0 aliphatic heterocycles. The van der Waals surface area contributed by atoms with Gasteiger partial charge in [-0.1, -0.05) is 104 Å². The van der Waals surface area contributed by atoms with Crippen LogP contribution in [0.3, 0.4) is 0 Å². The first-order chi connectivity index (χ1) is 11.9. The van der Waals surface area contributed by atoms with Gasteiger partial charge in [0.1, 0.15) is 5.60 Å². The number of hydrogen-bond donors (Lipinski definition) is 0. The van der Waals surface area contributed by atoms with Crippen LogP contribution in [0.1, 0.15) is 29.5 Å². The first kappa shape index (κ1) is 16.5. The van der Waals surface area contributed by atoms with Crippen LogP contribution in [0.2, 0.25) is 0 Å². The molecule has 3 aromatic carbocycles. The van der Waals surface area contributed by atoms with Crippen molar-refractivity contribution in [3.05, 3.63) is 115 Å². The van der Waals surface area contributed by atoms with Gasteiger partial charge >= 0.3 is 0 Å². The van der Waals surface area contributed by atoms with E-state index in [4.69, 9.17) is 4.74 Å². The molecular weight excluding hydrogens is 292 g/mol. The topological polar surface area (TPSA) is 9.23 Å². The van der Waals surface area contributed by atoms with Gasteiger partial charge in [0.05, 0.1) is 0 Å². The van der Waals surface area contributed by atoms with Gasteiger partial charge in [-0.3, -0.25) is 0 Å². The fourth-order valence-corrected chi connectivity index (χ4v) is 3.10. The van der Waals surface area contributed by atoms with Gasteiger partial charge in [-0.25, -0.2) is 0 Å². The van der Waals surface area contributed by atoms with E-state index < -0.39 is 5.60 Å². The van der Waals surface area contributed by atoms with E-state index in [1.165, 1.54) is 0 Å². The van der Waals surface area contributed by atoms with Gasteiger partial charge in [0.25, 0.3) is 0 Å². The van der Waals surface area contributed by atoms with Crippen LogP contribution in [0.5, 0.6) is 0 Å². The van der Waals surface area contributed by atoms with Crippen LogP contribution in [-0.4, -0.2) is 6.61 Å². The highest BCUT2D eigenvalue weighted by atomic mass is 16.5. The van der Waals surface area contributed by atoms with Gasteiger partial charge in [0.2, 0.25) is 0 Å². The maximum absolute atomic E-state index is 6.59. The molecule has 0 unspecified atom stereocenters. The summed E-state index contributed by atoms with van der Waals surface area (Å²) >= 11 is 0. The van der Waals surface area contributed by atoms with Crippen LogP contribution >= 0.6 is 0 Å². The zero-order valence-electron chi connectivity index (χ0n) is 13.9. The zero-order valence-corrected chi connectivity index (χ0v) is 13.9. The lowest BCUT2D eigenvalue weighted by Gasteiger charge is -2.36. The Morgan fingerprint density at radius 1 is 0.625 bits per heavy atom. The summed E-state index contributed by atoms with van der Waals surface area (Å²) in [5.41, 5.74) is 2.84. The van der Waals surface area contributed by atoms with Crippen molar-refractivity contribution in [3.8, 4) is 0 Å². The third-order valence-corrected chi connectivity index (χ3v) is 4.25. The van der Waals surface area contributed by atoms with E-state index in [2.05, 4.69) is 79.7 Å². The Balaban J connectivity index is 2.20. The standard InChI is InChI=1S/C23H23O/c1-2-3-19-24-23(20-13-7-4-8-14-20,21-15-9-5-10-16-21)22-17-11-6-12-18-22/h4-18H,1-3,19H2. The minimum Gasteiger partial charge on any atom is -0.361 e. The summed E-state index contributed by atoms with van der Waals surface area (Å²) in [6, 6.07) is 31.4. The van der Waals surface area contributed by atoms with Gasteiger partial charge in [-0.05, 0) is 23.1 Å². The predicted octanol–water partition coefficient (Wildman–Crippen LogP) is 5.61. The van der Waals surface area contributed by atoms with E-state index in [-0.39, 0.29) is 0 Å². The van der Waals surface area contributed by atoms with Crippen LogP contribution in [-0.2, 0) is 10.3 Å². The Bertz CT molecular complexity index is 623. The molecule has 1 radical (unpaired) electrons. The first-order valence-corrected chi connectivity index (χ1v) is 8.47. The fraction of sp³-hybridized carbons (Fsp3) is 0.174. The van der Waals surface area contributed by atoms with Crippen LogP contribution in [0.4, 0.5) is 0 Å². The molecule has 0 saturated carbocycles. The van der Waals surface area contributed by atoms with Crippen molar-refractivity contribution in [2.75, 3.05) is 6.61 Å². The van der Waals surface area contributed by atoms with Crippen LogP contribution in [0, 0.1) is 6.92 Å². The number of benzene rings is 3. The average molecular weight is 315 g/mol. The van der Waals surface area contributed by atoms with E-state index in [1.807, 2.05) is 18.2 Å². The molecule has 0 amide bonds. The van der Waals surface area contributed by atoms with Gasteiger partial charge in [-0.15, -0.1) is 0 Å². The molecule has 121 valence electrons. The number of ether oxygens (including phenoxy) is 1. The molecule has 0 N–H and O–H groups in total. The predicted molar refractivity (Wildman–Crippen MR) is 99.8 cm³/mol. The monoisotopic (exact) mass is 315 g/mol. The second-order valence-electron chi connectivity index (χ2n) is 5.83. The molecule has 0 aliphatic rings. The maximum Gasteiger partial charge on any atom is 0.143 e. The Morgan fingerprint density at radius 3 is 1.33 bits per heavy atom. The second kappa shape index (κ2) is 7.94. The third kappa shape index (κ3) is 3.27. The first-order valence-electron chi connectivity index (χ1n) is 8.47. The highest BCUT2D eigenvalue weighted by Gasteiger charge is 2.37. The highest BCUT2D eigenvalue weighted by molar-refractivity contribution is 5.47. The summed E-state index contributed by atoms with van der Waals surface area (Å²) in [5.74, 6) is 0. The van der Waals surface area contributed by atoms with Crippen molar-refractivity contribution >= 4 is 0 Å². The van der Waals surface area contributed by atoms with Crippen molar-refractivity contribution < 1.29 is 4.74 Å². The summed E-state index contributed by atoms with van der Waals surface area (Å²) in [7, 11) is 0. The lowest BCUT2D eigenvalue weighted by molar-refractivity contribution is 0.0118. The molecule has 0 bridgehead atoms. The van der Waals surface area contributed by atoms with E-state index in [1.54, 1.807) is 0 Å². The molecular formula is C23H23O. The molecule has 0 saturated heterocycles. The molecule has 24 heavy (non-hydrogen) atoms. The summed E-state index contributed by atoms with van der Waals surface area (Å²) < 4.78 is 6.59. The Hall–Kier alpha value is -2.38. The lowest BCUT2D eigenvalue weighted by Crippen LogP contribution is -2.33. The van der Waals surface area contributed by atoms with Crippen LogP contribution in [0.25, 0.3) is 0 Å². The van der Waals surface area contributed by atoms with E-state index >= 15 is 0 Å². The van der Waals surface area contributed by atoms with Crippen molar-refractivity contribution in [3.63, 3.8) is 0 Å². The molecule has 0 spiro atoms. The average Bonchev–Trinajstić information content (AvgIpc) is 2.68. The van der Waals surface area contributed by atoms with Crippen molar-refractivity contribution in [1.82, 2.24) is 0 Å². The van der Waals surface area contributed by atoms with Crippen molar-refractivity contribution in [1.29, 1.82) is 0 Å². The summed E-state index contributed by atoms with van der Waals surface area (Å²) in [6.45, 7) is 4.61. The summed E-state index contributed by atoms with van der Waals surface area (Å²) in [4.78, 5) is 0. The minimum absolute atomic E-state index is 0.598. The Morgan fingerprint density at radius 2 is 1.00 bits per heavy atom. The molecule has 0 heterocycles. The number of unbranched alkanes of at least 4 members (excludes halogenated alkanes) is 1. The number of hydrogen-bond acceptors (Lipinski definition) is 1. The van der Waals surface area contributed by atoms with Crippen molar-refractivity contribution in [2.45, 2.75) is 18.4 Å². The van der Waals surface area contributed by atoms with Gasteiger partial charge < -0.3 is 4.74 Å². The Labute approximate surface area is 144 Å². The number of rotatable bonds is 7. The summed E-state index contributed by atoms with van der Waals surface area (Å²) in [5, 5.41) is 0. The van der Waals surface area contributed by atoms with E-state index in [9.17, 15) is 0 Å². The second-order valence-corrected chi connectivity index (χ2v) is 5.83. The molecule has 1 heteroatoms. The summed E-state index contributed by atoms with van der Waals surface area (Å²) in [6.07, 6.45) is 1.81. The molecule has 1 nitrogen and oxygen atoms in total. The van der Waals surface area contributed by atoms with Gasteiger partial charge in [0, 0.05) is 6.61 Å². The lowest BCUT2D eigenvalue weighted by atomic mass is 9.80. The molecule has 3 rings (SSSR count). The fourth-order valence-electron chi connectivity index (χ4n) is 3.10. The quantitative estimate of drug-likeness (QED) is 0.407. The molecule has 0 atom stereocenters. The highest BCUT2D eigenvalue weighted by Crippen LogP contribution is 2.40. The minimum atomic E-state index is -0.598. The van der Waals surface area contributed by atoms with E-state index in [0.29, 0.717) is 6.61 Å². The molecule has 0 aliphatic carbocycles. The normalized spacial score (nSPS) is 11.4. The molecule has 0 aromatic heterocycles. The Kier molecular flexibility index (Phi) is 5.45. The SMILES string of the molecule is [CH2]CCCOC(c1ccccc1)(c1ccccc1)c1ccccc1. The van der Waals surface area contributed by atoms with Crippen LogP contribution < -0.4 is 0 Å². The van der Waals surface area contributed by atoms with E-state index in [0.717, 1.165) is 29.5 Å². The largest absolute Gasteiger partial charge is 0.361 e. The molecule has 0 fully saturated rings. The van der Waals surface area contributed by atoms with Gasteiger partial charge in [0.15, 0.2) is 0 Å². The zero-order chi connectivity index (χ0) is 16.7. The third-order valence-electron chi connectivity index (χ3n) is 4.25. The maximum atomic E-state index is 6.59. The van der Waals surface area contributed by atoms with Crippen molar-refractivity contribution in [2.24, 2.45) is 0 Å².